The zero-order valence-corrected chi connectivity index (χ0v) is 10.6. The van der Waals surface area contributed by atoms with Crippen molar-refractivity contribution in [1.82, 2.24) is 4.90 Å². The van der Waals surface area contributed by atoms with Crippen molar-refractivity contribution in [2.45, 2.75) is 36.6 Å². The SMILES string of the molecule is CC1CC(CN)(N(C)C2CCOC2)CS1. The monoisotopic (exact) mass is 230 g/mol. The summed E-state index contributed by atoms with van der Waals surface area (Å²) in [4.78, 5) is 2.50. The van der Waals surface area contributed by atoms with E-state index in [-0.39, 0.29) is 5.54 Å². The van der Waals surface area contributed by atoms with Gasteiger partial charge in [0.1, 0.15) is 0 Å². The van der Waals surface area contributed by atoms with E-state index in [1.807, 2.05) is 0 Å². The molecule has 0 bridgehead atoms. The van der Waals surface area contributed by atoms with E-state index in [0.29, 0.717) is 6.04 Å². The Bertz CT molecular complexity index is 221. The third-order valence-electron chi connectivity index (χ3n) is 3.89. The Hall–Kier alpha value is 0.230. The van der Waals surface area contributed by atoms with Crippen LogP contribution in [0.3, 0.4) is 0 Å². The Balaban J connectivity index is 2.04. The molecule has 3 unspecified atom stereocenters. The zero-order chi connectivity index (χ0) is 10.9. The van der Waals surface area contributed by atoms with Crippen LogP contribution in [0.2, 0.25) is 0 Å². The van der Waals surface area contributed by atoms with Crippen LogP contribution in [0.4, 0.5) is 0 Å². The van der Waals surface area contributed by atoms with Crippen LogP contribution >= 0.6 is 11.8 Å². The van der Waals surface area contributed by atoms with Gasteiger partial charge < -0.3 is 10.5 Å². The van der Waals surface area contributed by atoms with E-state index in [4.69, 9.17) is 10.5 Å². The molecular formula is C11H22N2OS. The van der Waals surface area contributed by atoms with Gasteiger partial charge in [-0.25, -0.2) is 0 Å². The van der Waals surface area contributed by atoms with Crippen molar-refractivity contribution in [3.8, 4) is 0 Å². The highest BCUT2D eigenvalue weighted by Gasteiger charge is 2.43. The summed E-state index contributed by atoms with van der Waals surface area (Å²) in [6, 6.07) is 0.583. The lowest BCUT2D eigenvalue weighted by Gasteiger charge is -2.41. The van der Waals surface area contributed by atoms with Crippen molar-refractivity contribution in [2.75, 3.05) is 32.6 Å². The van der Waals surface area contributed by atoms with Crippen molar-refractivity contribution in [1.29, 1.82) is 0 Å². The summed E-state index contributed by atoms with van der Waals surface area (Å²) in [5, 5.41) is 0.748. The second-order valence-corrected chi connectivity index (χ2v) is 6.31. The molecule has 0 amide bonds. The summed E-state index contributed by atoms with van der Waals surface area (Å²) < 4.78 is 5.46. The topological polar surface area (TPSA) is 38.5 Å². The summed E-state index contributed by atoms with van der Waals surface area (Å²) in [5.41, 5.74) is 6.23. The van der Waals surface area contributed by atoms with E-state index in [2.05, 4.69) is 30.6 Å². The number of ether oxygens (including phenoxy) is 1. The molecule has 3 nitrogen and oxygen atoms in total. The van der Waals surface area contributed by atoms with Gasteiger partial charge in [-0.3, -0.25) is 4.90 Å². The lowest BCUT2D eigenvalue weighted by molar-refractivity contribution is 0.0805. The molecule has 0 aromatic heterocycles. The van der Waals surface area contributed by atoms with E-state index in [1.165, 1.54) is 12.2 Å². The highest BCUT2D eigenvalue weighted by atomic mass is 32.2. The van der Waals surface area contributed by atoms with E-state index < -0.39 is 0 Å². The van der Waals surface area contributed by atoms with Gasteiger partial charge in [-0.15, -0.1) is 0 Å². The Morgan fingerprint density at radius 1 is 1.60 bits per heavy atom. The minimum absolute atomic E-state index is 0.225. The van der Waals surface area contributed by atoms with Crippen LogP contribution in [-0.4, -0.2) is 54.3 Å². The smallest absolute Gasteiger partial charge is 0.0622 e. The Labute approximate surface area is 96.7 Å². The highest BCUT2D eigenvalue weighted by Crippen LogP contribution is 2.39. The average molecular weight is 230 g/mol. The van der Waals surface area contributed by atoms with Gasteiger partial charge in [0.15, 0.2) is 0 Å². The average Bonchev–Trinajstić information content (AvgIpc) is 2.86. The minimum Gasteiger partial charge on any atom is -0.380 e. The number of thioether (sulfide) groups is 1. The van der Waals surface area contributed by atoms with Crippen LogP contribution in [0.5, 0.6) is 0 Å². The van der Waals surface area contributed by atoms with Gasteiger partial charge in [0.25, 0.3) is 0 Å². The first-order valence-electron chi connectivity index (χ1n) is 5.80. The first-order valence-corrected chi connectivity index (χ1v) is 6.85. The third-order valence-corrected chi connectivity index (χ3v) is 5.33. The van der Waals surface area contributed by atoms with Gasteiger partial charge in [-0.2, -0.15) is 11.8 Å². The Morgan fingerprint density at radius 3 is 2.87 bits per heavy atom. The molecule has 0 radical (unpaired) electrons. The van der Waals surface area contributed by atoms with E-state index >= 15 is 0 Å². The fourth-order valence-corrected chi connectivity index (χ4v) is 4.16. The molecular weight excluding hydrogens is 208 g/mol. The van der Waals surface area contributed by atoms with Crippen LogP contribution in [0.15, 0.2) is 0 Å². The lowest BCUT2D eigenvalue weighted by atomic mass is 9.92. The number of rotatable bonds is 3. The molecule has 2 rings (SSSR count). The van der Waals surface area contributed by atoms with Crippen molar-refractivity contribution in [3.05, 3.63) is 0 Å². The molecule has 4 heteroatoms. The molecule has 2 fully saturated rings. The first-order chi connectivity index (χ1) is 7.18. The fraction of sp³-hybridized carbons (Fsp3) is 1.00. The first kappa shape index (κ1) is 11.7. The zero-order valence-electron chi connectivity index (χ0n) is 9.74. The molecule has 2 aliphatic heterocycles. The maximum atomic E-state index is 6.00. The molecule has 0 aliphatic carbocycles. The summed E-state index contributed by atoms with van der Waals surface area (Å²) in [7, 11) is 2.23. The molecule has 2 saturated heterocycles. The third kappa shape index (κ3) is 2.18. The van der Waals surface area contributed by atoms with E-state index in [9.17, 15) is 0 Å². The summed E-state index contributed by atoms with van der Waals surface area (Å²) in [6.45, 7) is 4.88. The molecule has 15 heavy (non-hydrogen) atoms. The van der Waals surface area contributed by atoms with Gasteiger partial charge in [-0.1, -0.05) is 6.92 Å². The maximum absolute atomic E-state index is 6.00. The van der Waals surface area contributed by atoms with Gasteiger partial charge in [0.05, 0.1) is 6.61 Å². The number of hydrogen-bond donors (Lipinski definition) is 1. The van der Waals surface area contributed by atoms with E-state index in [0.717, 1.165) is 31.4 Å². The standard InChI is InChI=1S/C11H22N2OS/c1-9-5-11(7-12,8-15-9)13(2)10-3-4-14-6-10/h9-10H,3-8,12H2,1-2H3. The number of nitrogens with two attached hydrogens (primary N) is 1. The van der Waals surface area contributed by atoms with Crippen molar-refractivity contribution < 1.29 is 4.74 Å². The predicted molar refractivity (Wildman–Crippen MR) is 65.3 cm³/mol. The van der Waals surface area contributed by atoms with Crippen LogP contribution < -0.4 is 5.73 Å². The van der Waals surface area contributed by atoms with Crippen molar-refractivity contribution in [3.63, 3.8) is 0 Å². The highest BCUT2D eigenvalue weighted by molar-refractivity contribution is 8.00. The van der Waals surface area contributed by atoms with Crippen LogP contribution in [0.1, 0.15) is 19.8 Å². The van der Waals surface area contributed by atoms with Gasteiger partial charge in [-0.05, 0) is 19.9 Å². The van der Waals surface area contributed by atoms with Crippen molar-refractivity contribution in [2.24, 2.45) is 5.73 Å². The lowest BCUT2D eigenvalue weighted by Crippen LogP contribution is -2.56. The Kier molecular flexibility index (Phi) is 3.60. The van der Waals surface area contributed by atoms with Crippen LogP contribution in [0.25, 0.3) is 0 Å². The maximum Gasteiger partial charge on any atom is 0.0622 e. The molecule has 88 valence electrons. The van der Waals surface area contributed by atoms with Crippen LogP contribution in [-0.2, 0) is 4.74 Å². The molecule has 3 atom stereocenters. The minimum atomic E-state index is 0.225. The summed E-state index contributed by atoms with van der Waals surface area (Å²) >= 11 is 2.05. The molecule has 2 aliphatic rings. The molecule has 2 heterocycles. The Morgan fingerprint density at radius 2 is 2.40 bits per heavy atom. The molecule has 0 saturated carbocycles. The molecule has 2 N–H and O–H groups in total. The summed E-state index contributed by atoms with van der Waals surface area (Å²) in [5.74, 6) is 1.18. The number of hydrogen-bond acceptors (Lipinski definition) is 4. The second-order valence-electron chi connectivity index (χ2n) is 4.88. The number of nitrogens with zero attached hydrogens (tertiary/aromatic N) is 1. The molecule has 0 aromatic rings. The van der Waals surface area contributed by atoms with Crippen LogP contribution in [0, 0.1) is 0 Å². The second kappa shape index (κ2) is 4.62. The summed E-state index contributed by atoms with van der Waals surface area (Å²) in [6.07, 6.45) is 2.39. The molecule has 0 aromatic carbocycles. The number of likely N-dealkylation sites (N-methyl/N-ethyl adjacent to an activating group) is 1. The fourth-order valence-electron chi connectivity index (χ4n) is 2.70. The van der Waals surface area contributed by atoms with Gasteiger partial charge in [0, 0.05) is 35.7 Å². The van der Waals surface area contributed by atoms with Crippen molar-refractivity contribution >= 4 is 11.8 Å². The largest absolute Gasteiger partial charge is 0.380 e. The normalized spacial score (nSPS) is 41.6. The van der Waals surface area contributed by atoms with E-state index in [1.54, 1.807) is 0 Å². The van der Waals surface area contributed by atoms with Gasteiger partial charge >= 0.3 is 0 Å². The predicted octanol–water partition coefficient (Wildman–Crippen LogP) is 0.930. The molecule has 0 spiro atoms. The van der Waals surface area contributed by atoms with Gasteiger partial charge in [0.2, 0.25) is 0 Å². The quantitative estimate of drug-likeness (QED) is 0.783.